The normalized spacial score (nSPS) is 20.3. The highest BCUT2D eigenvalue weighted by atomic mass is 31.2. The number of carbonyl (C=O) groups is 3. The molecule has 0 bridgehead atoms. The molecule has 0 spiro atoms. The Morgan fingerprint density at radius 1 is 1.04 bits per heavy atom. The van der Waals surface area contributed by atoms with Gasteiger partial charge in [0.05, 0.1) is 34.3 Å². The molecule has 5 unspecified atom stereocenters. The molecule has 6 atom stereocenters. The number of imidazole rings is 1. The maximum Gasteiger partial charge on any atom is 0.509 e. The summed E-state index contributed by atoms with van der Waals surface area (Å²) in [6.07, 6.45) is -2.55. The van der Waals surface area contributed by atoms with E-state index in [0.29, 0.717) is 11.4 Å². The van der Waals surface area contributed by atoms with Crippen LogP contribution in [0.3, 0.4) is 0 Å². The monoisotopic (exact) mass is 702 g/mol. The van der Waals surface area contributed by atoms with Crippen molar-refractivity contribution in [3.05, 3.63) is 30.1 Å². The van der Waals surface area contributed by atoms with Crippen molar-refractivity contribution in [2.75, 3.05) is 27.9 Å². The molecule has 17 nitrogen and oxygen atoms in total. The number of nitrogens with one attached hydrogen (secondary N) is 2. The molecule has 0 aliphatic carbocycles. The molecule has 1 aliphatic heterocycles. The standard InChI is InChI=1S/C30H51N6O11P/c1-16(2)12-22(28(37)42-10)34-48(40,35-23(13-17(3)4)29(38)43-11)44-14-24(26-19(6)45-30(39)47-26)46-21(8)36-15-32-25(18(36)5)27(41-9)33-20(7)31/h15-17,19,21-24,26H,7,12-14,31H2,1-6,8-11H3,(H2,34,35,40)/b33-27+/t19?,21?,22?,23?,24-,26?,48?/m1/s1. The molecule has 0 radical (unpaired) electrons. The summed E-state index contributed by atoms with van der Waals surface area (Å²) in [6, 6.07) is -2.13. The summed E-state index contributed by atoms with van der Waals surface area (Å²) in [7, 11) is -0.449. The van der Waals surface area contributed by atoms with E-state index in [0.717, 1.165) is 0 Å². The molecule has 1 aromatic heterocycles. The van der Waals surface area contributed by atoms with Crippen LogP contribution in [0.15, 0.2) is 23.7 Å². The van der Waals surface area contributed by atoms with Gasteiger partial charge in [-0.1, -0.05) is 34.3 Å². The first-order valence-corrected chi connectivity index (χ1v) is 17.2. The van der Waals surface area contributed by atoms with Gasteiger partial charge in [0, 0.05) is 5.69 Å². The minimum atomic E-state index is -4.29. The lowest BCUT2D eigenvalue weighted by Crippen LogP contribution is -2.46. The van der Waals surface area contributed by atoms with Gasteiger partial charge in [0.15, 0.2) is 6.10 Å². The van der Waals surface area contributed by atoms with Crippen LogP contribution in [0.2, 0.25) is 0 Å². The average molecular weight is 703 g/mol. The number of hydrogen-bond donors (Lipinski definition) is 3. The van der Waals surface area contributed by atoms with Crippen LogP contribution in [0.5, 0.6) is 0 Å². The van der Waals surface area contributed by atoms with Crippen molar-refractivity contribution in [3.63, 3.8) is 0 Å². The number of methoxy groups -OCH3 is 3. The van der Waals surface area contributed by atoms with Crippen molar-refractivity contribution >= 4 is 31.7 Å². The zero-order valence-electron chi connectivity index (χ0n) is 29.4. The van der Waals surface area contributed by atoms with Gasteiger partial charge in [-0.05, 0) is 45.4 Å². The number of aliphatic imine (C=N–C) groups is 1. The van der Waals surface area contributed by atoms with E-state index in [2.05, 4.69) is 26.7 Å². The van der Waals surface area contributed by atoms with Crippen LogP contribution < -0.4 is 15.9 Å². The van der Waals surface area contributed by atoms with Crippen LogP contribution in [-0.4, -0.2) is 91.9 Å². The highest BCUT2D eigenvalue weighted by Gasteiger charge is 2.44. The van der Waals surface area contributed by atoms with Crippen LogP contribution in [0.4, 0.5) is 4.79 Å². The van der Waals surface area contributed by atoms with Crippen LogP contribution in [0.25, 0.3) is 0 Å². The van der Waals surface area contributed by atoms with Gasteiger partial charge in [-0.15, -0.1) is 0 Å². The smallest absolute Gasteiger partial charge is 0.479 e. The zero-order valence-corrected chi connectivity index (χ0v) is 30.3. The van der Waals surface area contributed by atoms with E-state index in [9.17, 15) is 18.9 Å². The molecule has 272 valence electrons. The Bertz CT molecular complexity index is 1310. The number of cyclic esters (lactones) is 2. The molecule has 1 aliphatic rings. The summed E-state index contributed by atoms with van der Waals surface area (Å²) in [5, 5.41) is 5.56. The minimum absolute atomic E-state index is 0.00940. The summed E-state index contributed by atoms with van der Waals surface area (Å²) < 4.78 is 54.5. The van der Waals surface area contributed by atoms with Crippen molar-refractivity contribution < 1.29 is 51.9 Å². The quantitative estimate of drug-likeness (QED) is 0.0620. The van der Waals surface area contributed by atoms with E-state index in [1.807, 2.05) is 27.7 Å². The van der Waals surface area contributed by atoms with Gasteiger partial charge in [0.25, 0.3) is 0 Å². The summed E-state index contributed by atoms with van der Waals surface area (Å²) >= 11 is 0. The van der Waals surface area contributed by atoms with Crippen molar-refractivity contribution in [1.82, 2.24) is 19.7 Å². The molecule has 4 N–H and O–H groups in total. The van der Waals surface area contributed by atoms with Gasteiger partial charge < -0.3 is 43.2 Å². The van der Waals surface area contributed by atoms with Crippen LogP contribution in [0.1, 0.15) is 72.0 Å². The fraction of sp³-hybridized carbons (Fsp3) is 0.700. The second kappa shape index (κ2) is 18.3. The fourth-order valence-electron chi connectivity index (χ4n) is 5.02. The largest absolute Gasteiger partial charge is 0.509 e. The number of hydrogen-bond acceptors (Lipinski definition) is 14. The van der Waals surface area contributed by atoms with Crippen molar-refractivity contribution in [2.24, 2.45) is 22.6 Å². The lowest BCUT2D eigenvalue weighted by atomic mass is 10.1. The number of nitrogens with two attached hydrogens (primary N) is 1. The lowest BCUT2D eigenvalue weighted by molar-refractivity contribution is -0.143. The molecule has 2 heterocycles. The predicted octanol–water partition coefficient (Wildman–Crippen LogP) is 3.32. The number of carbonyl (C=O) groups excluding carboxylic acids is 3. The first kappa shape index (κ1) is 40.7. The van der Waals surface area contributed by atoms with Crippen molar-refractivity contribution in [1.29, 1.82) is 0 Å². The Morgan fingerprint density at radius 3 is 2.00 bits per heavy atom. The van der Waals surface area contributed by atoms with Gasteiger partial charge >= 0.3 is 25.8 Å². The summed E-state index contributed by atoms with van der Waals surface area (Å²) in [5.74, 6) is -1.21. The number of rotatable bonds is 19. The van der Waals surface area contributed by atoms with E-state index in [1.165, 1.54) is 27.7 Å². The molecule has 0 saturated carbocycles. The molecule has 48 heavy (non-hydrogen) atoms. The van der Waals surface area contributed by atoms with Crippen LogP contribution in [-0.2, 0) is 47.1 Å². The van der Waals surface area contributed by atoms with E-state index in [4.69, 9.17) is 38.7 Å². The second-order valence-electron chi connectivity index (χ2n) is 12.1. The highest BCUT2D eigenvalue weighted by molar-refractivity contribution is 7.54. The maximum absolute atomic E-state index is 14.6. The molecule has 0 amide bonds. The minimum Gasteiger partial charge on any atom is -0.479 e. The van der Waals surface area contributed by atoms with Crippen molar-refractivity contribution in [3.8, 4) is 0 Å². The van der Waals surface area contributed by atoms with Crippen LogP contribution >= 0.6 is 7.67 Å². The predicted molar refractivity (Wildman–Crippen MR) is 175 cm³/mol. The van der Waals surface area contributed by atoms with Gasteiger partial charge in [0.1, 0.15) is 42.0 Å². The Morgan fingerprint density at radius 2 is 1.58 bits per heavy atom. The summed E-state index contributed by atoms with van der Waals surface area (Å²) in [4.78, 5) is 46.1. The Balaban J connectivity index is 2.50. The summed E-state index contributed by atoms with van der Waals surface area (Å²) in [5.41, 5.74) is 6.61. The number of aromatic nitrogens is 2. The molecular formula is C30H51N6O11P. The number of ether oxygens (including phenoxy) is 6. The Labute approximate surface area is 281 Å². The summed E-state index contributed by atoms with van der Waals surface area (Å²) in [6.45, 7) is 15.7. The van der Waals surface area contributed by atoms with Crippen molar-refractivity contribution in [2.45, 2.75) is 97.9 Å². The van der Waals surface area contributed by atoms with E-state index >= 15 is 0 Å². The first-order valence-electron chi connectivity index (χ1n) is 15.5. The first-order chi connectivity index (χ1) is 22.4. The molecular weight excluding hydrogens is 651 g/mol. The number of nitrogens with zero attached hydrogens (tertiary/aromatic N) is 3. The zero-order chi connectivity index (χ0) is 36.3. The SMILES string of the molecule is C=C(N)/N=C(/OC)c1ncn(C(C)O[C@H](COP(=O)(NC(CC(C)C)C(=O)OC)NC(CC(C)C)C(=O)OC)C2OC(=O)OC2C)c1C. The Kier molecular flexibility index (Phi) is 15.5. The molecule has 1 saturated heterocycles. The topological polar surface area (TPSA) is 213 Å². The van der Waals surface area contributed by atoms with E-state index in [-0.39, 0.29) is 36.4 Å². The second-order valence-corrected chi connectivity index (χ2v) is 14.0. The Hall–Kier alpha value is -3.50. The molecule has 1 fully saturated rings. The lowest BCUT2D eigenvalue weighted by Gasteiger charge is -2.32. The van der Waals surface area contributed by atoms with Gasteiger partial charge in [-0.25, -0.2) is 20.0 Å². The van der Waals surface area contributed by atoms with Gasteiger partial charge in [-0.3, -0.25) is 14.2 Å². The molecule has 2 rings (SSSR count). The third kappa shape index (κ3) is 11.6. The fourth-order valence-corrected chi connectivity index (χ4v) is 6.84. The van der Waals surface area contributed by atoms with E-state index in [1.54, 1.807) is 25.3 Å². The van der Waals surface area contributed by atoms with Gasteiger partial charge in [0.2, 0.25) is 5.90 Å². The molecule has 0 aromatic carbocycles. The maximum atomic E-state index is 14.6. The molecule has 1 aromatic rings. The third-order valence-corrected chi connectivity index (χ3v) is 9.06. The average Bonchev–Trinajstić information content (AvgIpc) is 3.56. The molecule has 18 heteroatoms. The van der Waals surface area contributed by atoms with Gasteiger partial charge in [-0.2, -0.15) is 4.99 Å². The third-order valence-electron chi connectivity index (χ3n) is 7.25. The van der Waals surface area contributed by atoms with E-state index < -0.39 is 69.0 Å². The highest BCUT2D eigenvalue weighted by Crippen LogP contribution is 2.42. The van der Waals surface area contributed by atoms with Crippen LogP contribution in [0, 0.1) is 18.8 Å². The number of esters is 2.